The molecule has 0 aliphatic rings. The molecule has 0 radical (unpaired) electrons. The lowest BCUT2D eigenvalue weighted by Crippen LogP contribution is -1.87. The van der Waals surface area contributed by atoms with Gasteiger partial charge in [-0.1, -0.05) is 93.9 Å². The monoisotopic (exact) mass is 329 g/mol. The maximum atomic E-state index is 4.91. The summed E-state index contributed by atoms with van der Waals surface area (Å²) in [6.45, 7) is 10.1. The molecule has 128 valence electrons. The fraction of sp³-hybridized carbons (Fsp3) is 0.208. The van der Waals surface area contributed by atoms with Crippen LogP contribution in [-0.2, 0) is 0 Å². The SMILES string of the molecule is CC.CC.Cc1cccc(-c2ccc3ccc4ccccc4c3n2)c1. The number of hydrogen-bond donors (Lipinski definition) is 0. The second-order valence-corrected chi connectivity index (χ2v) is 5.42. The Hall–Kier alpha value is -2.67. The molecule has 0 N–H and O–H groups in total. The molecule has 0 saturated heterocycles. The molecule has 0 amide bonds. The Morgan fingerprint density at radius 2 is 1.32 bits per heavy atom. The predicted octanol–water partition coefficient (Wildman–Crippen LogP) is 7.42. The Labute approximate surface area is 151 Å². The van der Waals surface area contributed by atoms with Crippen molar-refractivity contribution in [1.82, 2.24) is 4.98 Å². The predicted molar refractivity (Wildman–Crippen MR) is 112 cm³/mol. The van der Waals surface area contributed by atoms with Crippen LogP contribution in [0.15, 0.2) is 72.8 Å². The van der Waals surface area contributed by atoms with Gasteiger partial charge >= 0.3 is 0 Å². The molecule has 4 rings (SSSR count). The summed E-state index contributed by atoms with van der Waals surface area (Å²) in [4.78, 5) is 4.91. The van der Waals surface area contributed by atoms with E-state index >= 15 is 0 Å². The Kier molecular flexibility index (Phi) is 6.71. The largest absolute Gasteiger partial charge is 0.247 e. The molecule has 1 heterocycles. The molecule has 0 bridgehead atoms. The molecule has 0 spiro atoms. The van der Waals surface area contributed by atoms with E-state index in [2.05, 4.69) is 79.7 Å². The summed E-state index contributed by atoms with van der Waals surface area (Å²) in [6, 6.07) is 25.5. The minimum Gasteiger partial charge on any atom is -0.247 e. The van der Waals surface area contributed by atoms with Crippen LogP contribution in [0.25, 0.3) is 32.9 Å². The molecule has 25 heavy (non-hydrogen) atoms. The van der Waals surface area contributed by atoms with E-state index in [4.69, 9.17) is 4.98 Å². The van der Waals surface area contributed by atoms with Gasteiger partial charge < -0.3 is 0 Å². The molecule has 0 aliphatic heterocycles. The first-order chi connectivity index (χ1) is 12.3. The van der Waals surface area contributed by atoms with E-state index in [0.29, 0.717) is 0 Å². The van der Waals surface area contributed by atoms with Crippen LogP contribution in [0.4, 0.5) is 0 Å². The smallest absolute Gasteiger partial charge is 0.0787 e. The van der Waals surface area contributed by atoms with Gasteiger partial charge in [-0.3, -0.25) is 0 Å². The van der Waals surface area contributed by atoms with Gasteiger partial charge in [-0.25, -0.2) is 4.98 Å². The topological polar surface area (TPSA) is 12.9 Å². The van der Waals surface area contributed by atoms with Crippen molar-refractivity contribution in [3.63, 3.8) is 0 Å². The summed E-state index contributed by atoms with van der Waals surface area (Å²) in [6.07, 6.45) is 0. The number of fused-ring (bicyclic) bond motifs is 3. The van der Waals surface area contributed by atoms with Crippen LogP contribution < -0.4 is 0 Å². The van der Waals surface area contributed by atoms with E-state index < -0.39 is 0 Å². The Balaban J connectivity index is 0.000000528. The summed E-state index contributed by atoms with van der Waals surface area (Å²) in [5.41, 5.74) is 4.53. The lowest BCUT2D eigenvalue weighted by molar-refractivity contribution is 1.39. The van der Waals surface area contributed by atoms with Crippen LogP contribution in [0.5, 0.6) is 0 Å². The molecule has 1 aromatic heterocycles. The zero-order chi connectivity index (χ0) is 18.2. The van der Waals surface area contributed by atoms with Crippen molar-refractivity contribution >= 4 is 21.7 Å². The van der Waals surface area contributed by atoms with E-state index in [1.165, 1.54) is 27.3 Å². The van der Waals surface area contributed by atoms with Gasteiger partial charge in [0.2, 0.25) is 0 Å². The van der Waals surface area contributed by atoms with Crippen LogP contribution in [-0.4, -0.2) is 4.98 Å². The fourth-order valence-electron chi connectivity index (χ4n) is 2.82. The fourth-order valence-corrected chi connectivity index (χ4v) is 2.82. The van der Waals surface area contributed by atoms with Gasteiger partial charge in [0, 0.05) is 16.3 Å². The highest BCUT2D eigenvalue weighted by Crippen LogP contribution is 2.27. The highest BCUT2D eigenvalue weighted by Gasteiger charge is 2.05. The quantitative estimate of drug-likeness (QED) is 0.331. The highest BCUT2D eigenvalue weighted by molar-refractivity contribution is 6.05. The maximum absolute atomic E-state index is 4.91. The van der Waals surface area contributed by atoms with E-state index in [1.807, 2.05) is 27.7 Å². The number of aromatic nitrogens is 1. The van der Waals surface area contributed by atoms with Gasteiger partial charge in [-0.15, -0.1) is 0 Å². The van der Waals surface area contributed by atoms with Gasteiger partial charge in [0.15, 0.2) is 0 Å². The zero-order valence-corrected chi connectivity index (χ0v) is 15.9. The van der Waals surface area contributed by atoms with Crippen molar-refractivity contribution in [3.8, 4) is 11.3 Å². The summed E-state index contributed by atoms with van der Waals surface area (Å²) >= 11 is 0. The Morgan fingerprint density at radius 1 is 0.640 bits per heavy atom. The minimum absolute atomic E-state index is 1.03. The maximum Gasteiger partial charge on any atom is 0.0787 e. The summed E-state index contributed by atoms with van der Waals surface area (Å²) < 4.78 is 0. The molecule has 0 fully saturated rings. The van der Waals surface area contributed by atoms with Crippen LogP contribution in [0.1, 0.15) is 33.3 Å². The second-order valence-electron chi connectivity index (χ2n) is 5.42. The summed E-state index contributed by atoms with van der Waals surface area (Å²) in [5, 5.41) is 3.63. The van der Waals surface area contributed by atoms with Gasteiger partial charge in [0.25, 0.3) is 0 Å². The number of hydrogen-bond acceptors (Lipinski definition) is 1. The molecule has 0 unspecified atom stereocenters. The van der Waals surface area contributed by atoms with Gasteiger partial charge in [-0.05, 0) is 24.4 Å². The molecule has 0 aliphatic carbocycles. The minimum atomic E-state index is 1.03. The van der Waals surface area contributed by atoms with E-state index in [-0.39, 0.29) is 0 Å². The molecule has 0 atom stereocenters. The second kappa shape index (κ2) is 8.98. The molecule has 3 aromatic carbocycles. The lowest BCUT2D eigenvalue weighted by Gasteiger charge is -2.07. The third kappa shape index (κ3) is 4.06. The van der Waals surface area contributed by atoms with Gasteiger partial charge in [0.05, 0.1) is 11.2 Å². The molecular weight excluding hydrogens is 302 g/mol. The first-order valence-electron chi connectivity index (χ1n) is 9.17. The first kappa shape index (κ1) is 18.7. The summed E-state index contributed by atoms with van der Waals surface area (Å²) in [5.74, 6) is 0. The number of nitrogens with zero attached hydrogens (tertiary/aromatic N) is 1. The van der Waals surface area contributed by atoms with E-state index in [0.717, 1.165) is 11.2 Å². The molecule has 1 nitrogen and oxygen atoms in total. The average molecular weight is 329 g/mol. The molecule has 4 aromatic rings. The number of benzene rings is 3. The van der Waals surface area contributed by atoms with Crippen molar-refractivity contribution in [2.75, 3.05) is 0 Å². The number of rotatable bonds is 1. The van der Waals surface area contributed by atoms with Crippen LogP contribution in [0.2, 0.25) is 0 Å². The zero-order valence-electron chi connectivity index (χ0n) is 15.9. The van der Waals surface area contributed by atoms with Crippen molar-refractivity contribution < 1.29 is 0 Å². The standard InChI is InChI=1S/C20H15N.2C2H6/c1-14-5-4-7-17(13-14)19-12-11-16-10-9-15-6-2-3-8-18(15)20(16)21-19;2*1-2/h2-13H,1H3;2*1-2H3. The van der Waals surface area contributed by atoms with Crippen LogP contribution in [0, 0.1) is 6.92 Å². The molecule has 0 saturated carbocycles. The molecule has 1 heteroatoms. The normalized spacial score (nSPS) is 9.80. The van der Waals surface area contributed by atoms with Crippen LogP contribution in [0.3, 0.4) is 0 Å². The van der Waals surface area contributed by atoms with Crippen LogP contribution >= 0.6 is 0 Å². The Morgan fingerprint density at radius 3 is 2.08 bits per heavy atom. The van der Waals surface area contributed by atoms with E-state index in [1.54, 1.807) is 0 Å². The highest BCUT2D eigenvalue weighted by atomic mass is 14.7. The van der Waals surface area contributed by atoms with Crippen molar-refractivity contribution in [2.45, 2.75) is 34.6 Å². The number of pyridine rings is 1. The van der Waals surface area contributed by atoms with Crippen molar-refractivity contribution in [3.05, 3.63) is 78.4 Å². The number of aryl methyl sites for hydroxylation is 1. The van der Waals surface area contributed by atoms with E-state index in [9.17, 15) is 0 Å². The Bertz CT molecular complexity index is 954. The van der Waals surface area contributed by atoms with Crippen molar-refractivity contribution in [2.24, 2.45) is 0 Å². The third-order valence-electron chi connectivity index (χ3n) is 3.90. The lowest BCUT2D eigenvalue weighted by atomic mass is 10.0. The third-order valence-corrected chi connectivity index (χ3v) is 3.90. The molecular formula is C24H27N. The average Bonchev–Trinajstić information content (AvgIpc) is 2.70. The summed E-state index contributed by atoms with van der Waals surface area (Å²) in [7, 11) is 0. The first-order valence-corrected chi connectivity index (χ1v) is 9.17. The van der Waals surface area contributed by atoms with Crippen molar-refractivity contribution in [1.29, 1.82) is 0 Å². The van der Waals surface area contributed by atoms with Gasteiger partial charge in [0.1, 0.15) is 0 Å². The van der Waals surface area contributed by atoms with Gasteiger partial charge in [-0.2, -0.15) is 0 Å².